The first-order chi connectivity index (χ1) is 8.69. The van der Waals surface area contributed by atoms with Gasteiger partial charge in [-0.1, -0.05) is 0 Å². The zero-order valence-electron chi connectivity index (χ0n) is 9.12. The highest BCUT2D eigenvalue weighted by molar-refractivity contribution is 8.00. The number of hydrogen-bond donors (Lipinski definition) is 3. The Morgan fingerprint density at radius 2 is 2.50 bits per heavy atom. The van der Waals surface area contributed by atoms with E-state index in [1.54, 1.807) is 6.20 Å². The molecule has 0 aromatic carbocycles. The first-order valence-electron chi connectivity index (χ1n) is 5.27. The van der Waals surface area contributed by atoms with E-state index in [0.717, 1.165) is 5.56 Å². The van der Waals surface area contributed by atoms with Crippen LogP contribution in [0.2, 0.25) is 0 Å². The molecule has 0 saturated carbocycles. The van der Waals surface area contributed by atoms with Crippen LogP contribution in [-0.4, -0.2) is 42.5 Å². The second kappa shape index (κ2) is 4.50. The van der Waals surface area contributed by atoms with Crippen LogP contribution in [0, 0.1) is 4.77 Å². The van der Waals surface area contributed by atoms with Crippen LogP contribution in [0.25, 0.3) is 5.65 Å². The van der Waals surface area contributed by atoms with Crippen LogP contribution in [0.3, 0.4) is 0 Å². The van der Waals surface area contributed by atoms with Gasteiger partial charge in [-0.25, -0.2) is 4.79 Å². The molecule has 3 N–H and O–H groups in total. The van der Waals surface area contributed by atoms with Crippen LogP contribution in [-0.2, 0) is 4.74 Å². The van der Waals surface area contributed by atoms with Gasteiger partial charge in [0.1, 0.15) is 11.1 Å². The summed E-state index contributed by atoms with van der Waals surface area (Å²) >= 11 is 6.47. The molecule has 2 aromatic heterocycles. The maximum Gasteiger partial charge on any atom is 0.350 e. The lowest BCUT2D eigenvalue weighted by molar-refractivity contribution is 0.0350. The smallest absolute Gasteiger partial charge is 0.350 e. The van der Waals surface area contributed by atoms with E-state index in [0.29, 0.717) is 11.4 Å². The topological polar surface area (TPSA) is 95.4 Å². The molecule has 0 bridgehead atoms. The van der Waals surface area contributed by atoms with Crippen LogP contribution < -0.4 is 5.69 Å². The highest BCUT2D eigenvalue weighted by atomic mass is 32.2. The monoisotopic (exact) mass is 286 g/mol. The molecule has 2 atom stereocenters. The summed E-state index contributed by atoms with van der Waals surface area (Å²) in [5.41, 5.74) is 0.697. The summed E-state index contributed by atoms with van der Waals surface area (Å²) in [6.45, 7) is -0.0308. The molecule has 9 heteroatoms. The van der Waals surface area contributed by atoms with E-state index in [-0.39, 0.29) is 28.6 Å². The fraction of sp³-hybridized carbons (Fsp3) is 0.444. The quantitative estimate of drug-likeness (QED) is 0.683. The summed E-state index contributed by atoms with van der Waals surface area (Å²) in [6.07, 6.45) is 1.39. The zero-order valence-corrected chi connectivity index (χ0v) is 10.8. The van der Waals surface area contributed by atoms with Crippen molar-refractivity contribution in [1.82, 2.24) is 19.6 Å². The van der Waals surface area contributed by atoms with Gasteiger partial charge in [0.2, 0.25) is 0 Å². The number of aromatic amines is 2. The number of fused-ring (bicyclic) bond motifs is 1. The molecule has 7 nitrogen and oxygen atoms in total. The predicted molar refractivity (Wildman–Crippen MR) is 68.2 cm³/mol. The van der Waals surface area contributed by atoms with E-state index < -0.39 is 0 Å². The number of nitrogens with one attached hydrogen (secondary N) is 2. The van der Waals surface area contributed by atoms with Gasteiger partial charge in [-0.3, -0.25) is 4.98 Å². The third kappa shape index (κ3) is 1.88. The normalized spacial score (nSPS) is 23.8. The molecule has 0 spiro atoms. The summed E-state index contributed by atoms with van der Waals surface area (Å²) in [4.78, 5) is 17.0. The standard InChI is InChI=1S/C9H10N4O3S2/c14-2-6-16-5(3-18-6)4-1-10-13-7(4)11-8(17)12-9(13)15/h1,5-6,14H,2-3H2,(H2,11,12,15,17). The van der Waals surface area contributed by atoms with Gasteiger partial charge in [0.25, 0.3) is 0 Å². The molecule has 1 aliphatic rings. The summed E-state index contributed by atoms with van der Waals surface area (Å²) in [6, 6.07) is 0. The van der Waals surface area contributed by atoms with Gasteiger partial charge in [-0.05, 0) is 12.2 Å². The molecule has 1 fully saturated rings. The van der Waals surface area contributed by atoms with Crippen molar-refractivity contribution < 1.29 is 9.84 Å². The van der Waals surface area contributed by atoms with Gasteiger partial charge < -0.3 is 14.8 Å². The molecule has 3 rings (SSSR count). The van der Waals surface area contributed by atoms with E-state index in [1.807, 2.05) is 0 Å². The molecule has 2 aromatic rings. The number of H-pyrrole nitrogens is 2. The van der Waals surface area contributed by atoms with Crippen molar-refractivity contribution in [3.63, 3.8) is 0 Å². The Kier molecular flexibility index (Phi) is 2.98. The predicted octanol–water partition coefficient (Wildman–Crippen LogP) is 0.203. The first kappa shape index (κ1) is 11.9. The van der Waals surface area contributed by atoms with Gasteiger partial charge in [-0.2, -0.15) is 9.61 Å². The lowest BCUT2D eigenvalue weighted by Gasteiger charge is -2.09. The van der Waals surface area contributed by atoms with Crippen molar-refractivity contribution in [2.75, 3.05) is 12.4 Å². The van der Waals surface area contributed by atoms with E-state index in [9.17, 15) is 4.79 Å². The SMILES string of the molecule is O=c1[nH]c(=S)[nH]c2c(C3CSC(CO)O3)cnn12. The van der Waals surface area contributed by atoms with Crippen molar-refractivity contribution in [3.8, 4) is 0 Å². The Morgan fingerprint density at radius 3 is 3.22 bits per heavy atom. The van der Waals surface area contributed by atoms with E-state index in [2.05, 4.69) is 15.1 Å². The third-order valence-corrected chi connectivity index (χ3v) is 4.02. The lowest BCUT2D eigenvalue weighted by atomic mass is 10.2. The Labute approximate surface area is 110 Å². The van der Waals surface area contributed by atoms with Gasteiger partial charge in [0.15, 0.2) is 4.77 Å². The average Bonchev–Trinajstić information content (AvgIpc) is 2.93. The fourth-order valence-electron chi connectivity index (χ4n) is 1.88. The van der Waals surface area contributed by atoms with Crippen molar-refractivity contribution in [2.45, 2.75) is 11.5 Å². The van der Waals surface area contributed by atoms with Gasteiger partial charge in [0.05, 0.1) is 18.9 Å². The average molecular weight is 286 g/mol. The van der Waals surface area contributed by atoms with Crippen LogP contribution in [0.4, 0.5) is 0 Å². The Hall–Kier alpha value is -1.16. The number of aliphatic hydroxyl groups excluding tert-OH is 1. The second-order valence-corrected chi connectivity index (χ2v) is 5.42. The number of hydrogen-bond acceptors (Lipinski definition) is 6. The van der Waals surface area contributed by atoms with E-state index in [1.165, 1.54) is 16.3 Å². The number of nitrogens with zero attached hydrogens (tertiary/aromatic N) is 2. The lowest BCUT2D eigenvalue weighted by Crippen LogP contribution is -2.19. The highest BCUT2D eigenvalue weighted by Crippen LogP contribution is 2.35. The first-order valence-corrected chi connectivity index (χ1v) is 6.73. The molecule has 1 aliphatic heterocycles. The molecule has 18 heavy (non-hydrogen) atoms. The molecule has 0 amide bonds. The Balaban J connectivity index is 2.08. The minimum absolute atomic E-state index is 0.0308. The third-order valence-electron chi connectivity index (χ3n) is 2.69. The van der Waals surface area contributed by atoms with Gasteiger partial charge >= 0.3 is 5.69 Å². The Morgan fingerprint density at radius 1 is 1.67 bits per heavy atom. The van der Waals surface area contributed by atoms with Crippen LogP contribution in [0.5, 0.6) is 0 Å². The maximum absolute atomic E-state index is 11.6. The molecule has 96 valence electrons. The van der Waals surface area contributed by atoms with Crippen LogP contribution in [0.15, 0.2) is 11.0 Å². The second-order valence-electron chi connectivity index (χ2n) is 3.81. The van der Waals surface area contributed by atoms with Crippen LogP contribution >= 0.6 is 24.0 Å². The summed E-state index contributed by atoms with van der Waals surface area (Å²) < 4.78 is 7.10. The van der Waals surface area contributed by atoms with Gasteiger partial charge in [0, 0.05) is 11.3 Å². The fourth-order valence-corrected chi connectivity index (χ4v) is 3.03. The number of rotatable bonds is 2. The molecule has 3 heterocycles. The number of aliphatic hydroxyl groups is 1. The largest absolute Gasteiger partial charge is 0.393 e. The van der Waals surface area contributed by atoms with Crippen molar-refractivity contribution in [1.29, 1.82) is 0 Å². The number of thioether (sulfide) groups is 1. The van der Waals surface area contributed by atoms with E-state index in [4.69, 9.17) is 22.1 Å². The van der Waals surface area contributed by atoms with E-state index >= 15 is 0 Å². The molecule has 0 radical (unpaired) electrons. The van der Waals surface area contributed by atoms with Crippen LogP contribution in [0.1, 0.15) is 11.7 Å². The summed E-state index contributed by atoms with van der Waals surface area (Å²) in [5, 5.41) is 13.0. The maximum atomic E-state index is 11.6. The summed E-state index contributed by atoms with van der Waals surface area (Å²) in [7, 11) is 0. The van der Waals surface area contributed by atoms with Crippen molar-refractivity contribution >= 4 is 29.6 Å². The number of ether oxygens (including phenoxy) is 1. The molecular formula is C9H10N4O3S2. The molecular weight excluding hydrogens is 276 g/mol. The Bertz CT molecular complexity index is 691. The zero-order chi connectivity index (χ0) is 12.7. The summed E-state index contributed by atoms with van der Waals surface area (Å²) in [5.74, 6) is 0.708. The minimum Gasteiger partial charge on any atom is -0.393 e. The van der Waals surface area contributed by atoms with Crippen molar-refractivity contribution in [2.24, 2.45) is 0 Å². The van der Waals surface area contributed by atoms with Crippen molar-refractivity contribution in [3.05, 3.63) is 27.0 Å². The highest BCUT2D eigenvalue weighted by Gasteiger charge is 2.29. The molecule has 2 unspecified atom stereocenters. The molecule has 0 aliphatic carbocycles. The number of aromatic nitrogens is 4. The minimum atomic E-state index is -0.385. The van der Waals surface area contributed by atoms with Gasteiger partial charge in [-0.15, -0.1) is 11.8 Å². The molecule has 1 saturated heterocycles.